The summed E-state index contributed by atoms with van der Waals surface area (Å²) in [5.74, 6) is 2.29. The number of rotatable bonds is 5. The molecule has 7 nitrogen and oxygen atoms in total. The number of nitrogens with zero attached hydrogens (tertiary/aromatic N) is 5. The van der Waals surface area contributed by atoms with E-state index in [4.69, 9.17) is 5.73 Å². The smallest absolute Gasteiger partial charge is 0.231 e. The first-order valence-electron chi connectivity index (χ1n) is 7.95. The molecule has 0 saturated carbocycles. The van der Waals surface area contributed by atoms with Gasteiger partial charge in [0.05, 0.1) is 0 Å². The molecule has 0 spiro atoms. The maximum atomic E-state index is 5.85. The number of hydrogen-bond donors (Lipinski definition) is 2. The molecular weight excluding hydrogens is 266 g/mol. The van der Waals surface area contributed by atoms with E-state index in [0.717, 1.165) is 25.6 Å². The molecule has 3 fully saturated rings. The number of nitrogens with two attached hydrogens (primary N) is 1. The third-order valence-electron chi connectivity index (χ3n) is 4.66. The lowest BCUT2D eigenvalue weighted by Crippen LogP contribution is -2.53. The average Bonchev–Trinajstić information content (AvgIpc) is 2.49. The van der Waals surface area contributed by atoms with Gasteiger partial charge < -0.3 is 20.9 Å². The number of nitrogens with one attached hydrogen (secondary N) is 1. The first-order chi connectivity index (χ1) is 10.2. The Labute approximate surface area is 126 Å². The van der Waals surface area contributed by atoms with Crippen molar-refractivity contribution in [1.82, 2.24) is 19.9 Å². The fourth-order valence-corrected chi connectivity index (χ4v) is 3.39. The summed E-state index contributed by atoms with van der Waals surface area (Å²) in [5.41, 5.74) is 5.85. The zero-order chi connectivity index (χ0) is 14.8. The van der Waals surface area contributed by atoms with Crippen molar-refractivity contribution in [2.75, 3.05) is 48.7 Å². The molecule has 0 aromatic carbocycles. The highest BCUT2D eigenvalue weighted by molar-refractivity contribution is 5.42. The Morgan fingerprint density at radius 2 is 1.90 bits per heavy atom. The van der Waals surface area contributed by atoms with Crippen LogP contribution in [0.1, 0.15) is 26.7 Å². The van der Waals surface area contributed by atoms with Gasteiger partial charge in [-0.25, -0.2) is 0 Å². The van der Waals surface area contributed by atoms with E-state index < -0.39 is 0 Å². The third kappa shape index (κ3) is 3.02. The summed E-state index contributed by atoms with van der Waals surface area (Å²) in [5, 5.41) is 3.49. The second-order valence-corrected chi connectivity index (χ2v) is 5.88. The molecule has 1 aromatic rings. The van der Waals surface area contributed by atoms with Crippen LogP contribution in [0.2, 0.25) is 0 Å². The second-order valence-electron chi connectivity index (χ2n) is 5.88. The Bertz CT molecular complexity index is 480. The number of nitrogen functional groups attached to an aromatic ring is 1. The number of hydrogen-bond acceptors (Lipinski definition) is 7. The Balaban J connectivity index is 1.76. The zero-order valence-corrected chi connectivity index (χ0v) is 12.9. The van der Waals surface area contributed by atoms with E-state index in [1.54, 1.807) is 0 Å². The second kappa shape index (κ2) is 6.01. The molecule has 21 heavy (non-hydrogen) atoms. The van der Waals surface area contributed by atoms with Crippen LogP contribution in [0.3, 0.4) is 0 Å². The van der Waals surface area contributed by atoms with Gasteiger partial charge in [0.25, 0.3) is 0 Å². The van der Waals surface area contributed by atoms with Crippen LogP contribution in [0.15, 0.2) is 0 Å². The predicted octanol–water partition coefficient (Wildman–Crippen LogP) is 0.806. The van der Waals surface area contributed by atoms with E-state index >= 15 is 0 Å². The molecule has 7 heteroatoms. The van der Waals surface area contributed by atoms with Gasteiger partial charge >= 0.3 is 0 Å². The molecule has 3 aliphatic heterocycles. The van der Waals surface area contributed by atoms with Crippen LogP contribution in [0, 0.1) is 5.92 Å². The van der Waals surface area contributed by atoms with Crippen LogP contribution in [0.5, 0.6) is 0 Å². The molecule has 0 aliphatic carbocycles. The summed E-state index contributed by atoms with van der Waals surface area (Å²) in [6, 6.07) is 0.429. The fourth-order valence-electron chi connectivity index (χ4n) is 3.39. The minimum absolute atomic E-state index is 0.288. The average molecular weight is 291 g/mol. The quantitative estimate of drug-likeness (QED) is 0.830. The Morgan fingerprint density at radius 3 is 2.48 bits per heavy atom. The number of aromatic nitrogens is 3. The van der Waals surface area contributed by atoms with E-state index in [-0.39, 0.29) is 5.95 Å². The van der Waals surface area contributed by atoms with Gasteiger partial charge in [-0.3, -0.25) is 0 Å². The van der Waals surface area contributed by atoms with Crippen LogP contribution in [0.25, 0.3) is 0 Å². The standard InChI is InChI=1S/C14H25N7/c1-3-21(4-2)14-18-12(15)17-13(19-14)16-11-9-20-7-5-10(11)6-8-20/h10-11H,3-9H2,1-2H3,(H3,15,16,17,18,19). The van der Waals surface area contributed by atoms with Crippen LogP contribution in [-0.4, -0.2) is 58.6 Å². The highest BCUT2D eigenvalue weighted by Crippen LogP contribution is 2.29. The lowest BCUT2D eigenvalue weighted by molar-refractivity contribution is 0.0972. The molecule has 116 valence electrons. The predicted molar refractivity (Wildman–Crippen MR) is 84.4 cm³/mol. The van der Waals surface area contributed by atoms with E-state index in [9.17, 15) is 0 Å². The van der Waals surface area contributed by atoms with Crippen LogP contribution >= 0.6 is 0 Å². The third-order valence-corrected chi connectivity index (χ3v) is 4.66. The van der Waals surface area contributed by atoms with Crippen LogP contribution in [-0.2, 0) is 0 Å². The van der Waals surface area contributed by atoms with Crippen LogP contribution < -0.4 is 16.0 Å². The van der Waals surface area contributed by atoms with Gasteiger partial charge in [0.1, 0.15) is 0 Å². The Hall–Kier alpha value is -1.63. The van der Waals surface area contributed by atoms with Crippen molar-refractivity contribution in [2.24, 2.45) is 5.92 Å². The molecule has 0 radical (unpaired) electrons. The molecule has 2 bridgehead atoms. The van der Waals surface area contributed by atoms with Crippen molar-refractivity contribution in [3.8, 4) is 0 Å². The largest absolute Gasteiger partial charge is 0.368 e. The molecule has 4 heterocycles. The Morgan fingerprint density at radius 1 is 1.19 bits per heavy atom. The molecular formula is C14H25N7. The van der Waals surface area contributed by atoms with Gasteiger partial charge in [0.2, 0.25) is 17.8 Å². The maximum absolute atomic E-state index is 5.85. The minimum Gasteiger partial charge on any atom is -0.368 e. The first-order valence-corrected chi connectivity index (χ1v) is 7.95. The van der Waals surface area contributed by atoms with E-state index in [2.05, 4.69) is 43.9 Å². The van der Waals surface area contributed by atoms with Crippen molar-refractivity contribution in [2.45, 2.75) is 32.7 Å². The SMILES string of the molecule is CCN(CC)c1nc(N)nc(NC2CN3CCC2CC3)n1. The van der Waals surface area contributed by atoms with E-state index in [0.29, 0.717) is 17.9 Å². The van der Waals surface area contributed by atoms with Gasteiger partial charge in [0.15, 0.2) is 0 Å². The zero-order valence-electron chi connectivity index (χ0n) is 12.9. The molecule has 3 saturated heterocycles. The summed E-state index contributed by atoms with van der Waals surface area (Å²) >= 11 is 0. The number of anilines is 3. The fraction of sp³-hybridized carbons (Fsp3) is 0.786. The molecule has 3 aliphatic rings. The molecule has 0 amide bonds. The van der Waals surface area contributed by atoms with Crippen LogP contribution in [0.4, 0.5) is 17.8 Å². The van der Waals surface area contributed by atoms with Gasteiger partial charge in [-0.05, 0) is 45.7 Å². The highest BCUT2D eigenvalue weighted by atomic mass is 15.3. The van der Waals surface area contributed by atoms with Gasteiger partial charge in [0, 0.05) is 25.7 Å². The lowest BCUT2D eigenvalue weighted by Gasteiger charge is -2.44. The van der Waals surface area contributed by atoms with Crippen molar-refractivity contribution in [1.29, 1.82) is 0 Å². The highest BCUT2D eigenvalue weighted by Gasteiger charge is 2.34. The minimum atomic E-state index is 0.288. The van der Waals surface area contributed by atoms with Gasteiger partial charge in [-0.15, -0.1) is 0 Å². The molecule has 3 N–H and O–H groups in total. The van der Waals surface area contributed by atoms with Crippen molar-refractivity contribution in [3.63, 3.8) is 0 Å². The lowest BCUT2D eigenvalue weighted by atomic mass is 9.84. The van der Waals surface area contributed by atoms with E-state index in [1.807, 2.05) is 0 Å². The van der Waals surface area contributed by atoms with Crippen molar-refractivity contribution >= 4 is 17.8 Å². The maximum Gasteiger partial charge on any atom is 0.231 e. The van der Waals surface area contributed by atoms with Gasteiger partial charge in [-0.2, -0.15) is 15.0 Å². The summed E-state index contributed by atoms with van der Waals surface area (Å²) < 4.78 is 0. The van der Waals surface area contributed by atoms with Gasteiger partial charge in [-0.1, -0.05) is 0 Å². The first kappa shape index (κ1) is 14.3. The van der Waals surface area contributed by atoms with Crippen molar-refractivity contribution < 1.29 is 0 Å². The Kier molecular flexibility index (Phi) is 4.10. The number of piperidine rings is 3. The molecule has 1 aromatic heterocycles. The molecule has 4 rings (SSSR count). The monoisotopic (exact) mass is 291 g/mol. The summed E-state index contributed by atoms with van der Waals surface area (Å²) in [6.45, 7) is 9.43. The normalized spacial score (nSPS) is 27.6. The molecule has 1 unspecified atom stereocenters. The van der Waals surface area contributed by atoms with Crippen molar-refractivity contribution in [3.05, 3.63) is 0 Å². The topological polar surface area (TPSA) is 83.2 Å². The summed E-state index contributed by atoms with van der Waals surface area (Å²) in [4.78, 5) is 17.6. The number of fused-ring (bicyclic) bond motifs is 3. The summed E-state index contributed by atoms with van der Waals surface area (Å²) in [7, 11) is 0. The van der Waals surface area contributed by atoms with E-state index in [1.165, 1.54) is 25.9 Å². The molecule has 1 atom stereocenters. The summed E-state index contributed by atoms with van der Waals surface area (Å²) in [6.07, 6.45) is 2.53.